The lowest BCUT2D eigenvalue weighted by Gasteiger charge is -2.26. The normalized spacial score (nSPS) is 24.5. The topological polar surface area (TPSA) is 233 Å². The van der Waals surface area contributed by atoms with E-state index in [4.69, 9.17) is 28.0 Å². The summed E-state index contributed by atoms with van der Waals surface area (Å²) in [7, 11) is 0. The molecule has 0 radical (unpaired) electrons. The SMILES string of the molecule is CCC(=O)OCSP(=O)(OCC1OC(n2cc(C)c(=O)[nH]c2=O)CC1OC(=O)CCC(C)=O)OC1CC(n2cc(C)c(=O)[nH]c2=O)OC1CC. The van der Waals surface area contributed by atoms with Crippen LogP contribution >= 0.6 is 18.2 Å². The van der Waals surface area contributed by atoms with Gasteiger partial charge >= 0.3 is 30.1 Å². The second-order valence-corrected chi connectivity index (χ2v) is 15.8. The van der Waals surface area contributed by atoms with E-state index in [9.17, 15) is 38.1 Å². The molecule has 2 aliphatic heterocycles. The summed E-state index contributed by atoms with van der Waals surface area (Å²) in [6.45, 7) is 3.00. The van der Waals surface area contributed by atoms with Gasteiger partial charge < -0.3 is 23.7 Å². The highest BCUT2D eigenvalue weighted by molar-refractivity contribution is 8.55. The number of nitrogens with one attached hydrogen (secondary N) is 2. The summed E-state index contributed by atoms with van der Waals surface area (Å²) < 4.78 is 51.4. The Morgan fingerprint density at radius 3 is 1.98 bits per heavy atom. The van der Waals surface area contributed by atoms with Crippen molar-refractivity contribution >= 4 is 35.9 Å². The van der Waals surface area contributed by atoms with Gasteiger partial charge in [-0.1, -0.05) is 13.8 Å². The Morgan fingerprint density at radius 1 is 0.880 bits per heavy atom. The van der Waals surface area contributed by atoms with Crippen LogP contribution in [0.3, 0.4) is 0 Å². The Balaban J connectivity index is 1.57. The third-order valence-corrected chi connectivity index (χ3v) is 11.4. The van der Waals surface area contributed by atoms with Gasteiger partial charge in [-0.3, -0.25) is 47.3 Å². The monoisotopic (exact) mass is 744 g/mol. The van der Waals surface area contributed by atoms with Gasteiger partial charge in [-0.25, -0.2) is 14.2 Å². The maximum atomic E-state index is 14.3. The largest absolute Gasteiger partial charge is 0.459 e. The number of esters is 2. The molecule has 0 aromatic carbocycles. The molecule has 50 heavy (non-hydrogen) atoms. The summed E-state index contributed by atoms with van der Waals surface area (Å²) in [5, 5.41) is 0. The van der Waals surface area contributed by atoms with Crippen LogP contribution in [0.1, 0.15) is 82.9 Å². The fourth-order valence-electron chi connectivity index (χ4n) is 5.28. The van der Waals surface area contributed by atoms with Crippen molar-refractivity contribution in [2.45, 2.75) is 110 Å². The molecule has 276 valence electrons. The zero-order chi connectivity index (χ0) is 36.7. The number of ether oxygens (including phenoxy) is 4. The van der Waals surface area contributed by atoms with Crippen LogP contribution in [0.5, 0.6) is 0 Å². The number of hydrogen-bond acceptors (Lipinski definition) is 15. The minimum Gasteiger partial charge on any atom is -0.459 e. The highest BCUT2D eigenvalue weighted by Crippen LogP contribution is 2.63. The first kappa shape index (κ1) is 39.2. The van der Waals surface area contributed by atoms with Gasteiger partial charge in [-0.2, -0.15) is 0 Å². The van der Waals surface area contributed by atoms with E-state index in [-0.39, 0.29) is 49.0 Å². The van der Waals surface area contributed by atoms with E-state index in [1.165, 1.54) is 37.7 Å². The molecule has 20 heteroatoms. The maximum Gasteiger partial charge on any atom is 0.392 e. The van der Waals surface area contributed by atoms with E-state index in [0.29, 0.717) is 17.8 Å². The van der Waals surface area contributed by atoms with E-state index in [2.05, 4.69) is 9.97 Å². The van der Waals surface area contributed by atoms with Crippen LogP contribution in [0.25, 0.3) is 0 Å². The molecule has 2 saturated heterocycles. The fraction of sp³-hybridized carbons (Fsp3) is 0.633. The van der Waals surface area contributed by atoms with Gasteiger partial charge in [0.2, 0.25) is 0 Å². The van der Waals surface area contributed by atoms with Gasteiger partial charge in [0.15, 0.2) is 0 Å². The van der Waals surface area contributed by atoms with E-state index >= 15 is 0 Å². The number of ketones is 1. The number of H-pyrrole nitrogens is 2. The molecule has 0 aliphatic carbocycles. The standard InChI is InChI=1S/C30H41N4O14PS/c1-6-19-21(11-24(45-19)34-13-17(4)28(39)32-30(34)41)48-49(42,50-15-43-25(36)7-2)44-14-22-20(47-26(37)9-8-18(5)35)10-23(46-22)33-12-16(3)27(38)31-29(33)40/h12-13,19-24H,6-11,14-15H2,1-5H3,(H,31,38,40)(H,32,39,41). The van der Waals surface area contributed by atoms with E-state index in [1.807, 2.05) is 0 Å². The number of aryl methyl sites for hydroxylation is 2. The lowest BCUT2D eigenvalue weighted by Crippen LogP contribution is -2.33. The van der Waals surface area contributed by atoms with Gasteiger partial charge in [0.1, 0.15) is 36.4 Å². The number of carbonyl (C=O) groups is 3. The van der Waals surface area contributed by atoms with E-state index < -0.39 is 90.7 Å². The summed E-state index contributed by atoms with van der Waals surface area (Å²) in [5.74, 6) is -1.90. The molecule has 4 heterocycles. The van der Waals surface area contributed by atoms with Crippen LogP contribution in [0.15, 0.2) is 31.6 Å². The average Bonchev–Trinajstić information content (AvgIpc) is 3.65. The van der Waals surface area contributed by atoms with Crippen LogP contribution in [-0.4, -0.2) is 73.8 Å². The number of Topliss-reactive ketones (excluding diaryl/α,β-unsaturated/α-hetero) is 1. The predicted octanol–water partition coefficient (Wildman–Crippen LogP) is 2.12. The maximum absolute atomic E-state index is 14.3. The van der Waals surface area contributed by atoms with Crippen LogP contribution in [-0.2, 0) is 46.9 Å². The lowest BCUT2D eigenvalue weighted by molar-refractivity contribution is -0.153. The number of rotatable bonds is 16. The molecule has 2 aromatic heterocycles. The van der Waals surface area contributed by atoms with Gasteiger partial charge in [0.05, 0.1) is 25.2 Å². The molecule has 0 saturated carbocycles. The van der Waals surface area contributed by atoms with Crippen LogP contribution in [0, 0.1) is 13.8 Å². The number of aromatic amines is 2. The third kappa shape index (κ3) is 10.0. The van der Waals surface area contributed by atoms with Crippen molar-refractivity contribution in [2.75, 3.05) is 12.5 Å². The Bertz CT molecular complexity index is 1850. The molecule has 2 aliphatic rings. The number of hydrogen-bond donors (Lipinski definition) is 2. The fourth-order valence-corrected chi connectivity index (χ4v) is 8.14. The minimum atomic E-state index is -4.25. The Labute approximate surface area is 289 Å². The first-order valence-corrected chi connectivity index (χ1v) is 19.1. The smallest absolute Gasteiger partial charge is 0.392 e. The molecular weight excluding hydrogens is 703 g/mol. The van der Waals surface area contributed by atoms with Gasteiger partial charge in [-0.05, 0) is 27.2 Å². The van der Waals surface area contributed by atoms with E-state index in [1.54, 1.807) is 13.8 Å². The van der Waals surface area contributed by atoms with Crippen LogP contribution < -0.4 is 22.5 Å². The predicted molar refractivity (Wildman–Crippen MR) is 177 cm³/mol. The minimum absolute atomic E-state index is 0.0411. The molecule has 18 nitrogen and oxygen atoms in total. The molecule has 2 N–H and O–H groups in total. The second kappa shape index (κ2) is 17.1. The summed E-state index contributed by atoms with van der Waals surface area (Å²) in [4.78, 5) is 89.4. The lowest BCUT2D eigenvalue weighted by atomic mass is 10.1. The molecule has 7 unspecified atom stereocenters. The molecule has 0 bridgehead atoms. The number of aromatic nitrogens is 4. The zero-order valence-corrected chi connectivity index (χ0v) is 30.0. The molecular formula is C30H41N4O14PS. The van der Waals surface area contributed by atoms with Crippen molar-refractivity contribution in [2.24, 2.45) is 0 Å². The second-order valence-electron chi connectivity index (χ2n) is 11.8. The Kier molecular flexibility index (Phi) is 13.4. The van der Waals surface area contributed by atoms with Crippen molar-refractivity contribution in [3.05, 3.63) is 65.2 Å². The highest BCUT2D eigenvalue weighted by Gasteiger charge is 2.45. The van der Waals surface area contributed by atoms with Gasteiger partial charge in [-0.15, -0.1) is 0 Å². The van der Waals surface area contributed by atoms with E-state index in [0.717, 1.165) is 4.57 Å². The van der Waals surface area contributed by atoms with Crippen molar-refractivity contribution in [3.63, 3.8) is 0 Å². The zero-order valence-electron chi connectivity index (χ0n) is 28.2. The first-order chi connectivity index (χ1) is 23.6. The summed E-state index contributed by atoms with van der Waals surface area (Å²) in [5.41, 5.74) is -2.09. The highest BCUT2D eigenvalue weighted by atomic mass is 32.7. The Hall–Kier alpha value is -3.61. The van der Waals surface area contributed by atoms with Crippen molar-refractivity contribution in [1.29, 1.82) is 0 Å². The third-order valence-electron chi connectivity index (χ3n) is 8.02. The Morgan fingerprint density at radius 2 is 1.44 bits per heavy atom. The van der Waals surface area contributed by atoms with Crippen molar-refractivity contribution in [1.82, 2.24) is 19.1 Å². The summed E-state index contributed by atoms with van der Waals surface area (Å²) in [6.07, 6.45) is -2.76. The number of carbonyl (C=O) groups excluding carboxylic acids is 3. The first-order valence-electron chi connectivity index (χ1n) is 16.0. The number of nitrogens with zero attached hydrogens (tertiary/aromatic N) is 2. The quantitative estimate of drug-likeness (QED) is 0.142. The van der Waals surface area contributed by atoms with Crippen molar-refractivity contribution in [3.8, 4) is 0 Å². The van der Waals surface area contributed by atoms with Crippen LogP contribution in [0.2, 0.25) is 0 Å². The summed E-state index contributed by atoms with van der Waals surface area (Å²) >= 11 is 0.585. The average molecular weight is 745 g/mol. The van der Waals surface area contributed by atoms with Gasteiger partial charge in [0, 0.05) is 60.6 Å². The molecule has 4 rings (SSSR count). The van der Waals surface area contributed by atoms with Crippen molar-refractivity contribution < 1.29 is 46.9 Å². The molecule has 2 aromatic rings. The molecule has 0 amide bonds. The molecule has 7 atom stereocenters. The summed E-state index contributed by atoms with van der Waals surface area (Å²) in [6, 6.07) is 0. The van der Waals surface area contributed by atoms with Crippen LogP contribution in [0.4, 0.5) is 0 Å². The van der Waals surface area contributed by atoms with Gasteiger partial charge in [0.25, 0.3) is 11.1 Å². The molecule has 0 spiro atoms. The molecule has 2 fully saturated rings.